The van der Waals surface area contributed by atoms with Crippen molar-refractivity contribution in [3.8, 4) is 16.6 Å². The zero-order chi connectivity index (χ0) is 9.42. The largest absolute Gasteiger partial charge is 0.492 e. The molecular weight excluding hydrogens is 186 g/mol. The second kappa shape index (κ2) is 2.85. The van der Waals surface area contributed by atoms with Crippen LogP contribution in [0.2, 0.25) is 0 Å². The van der Waals surface area contributed by atoms with E-state index in [2.05, 4.69) is 10.1 Å². The SMILES string of the molecule is Cc1sc(-c2ccn(C)n2)nc1O. The topological polar surface area (TPSA) is 50.9 Å². The highest BCUT2D eigenvalue weighted by Gasteiger charge is 2.09. The molecule has 0 saturated heterocycles. The quantitative estimate of drug-likeness (QED) is 0.751. The third-order valence-corrected chi connectivity index (χ3v) is 2.69. The van der Waals surface area contributed by atoms with Gasteiger partial charge in [-0.1, -0.05) is 0 Å². The lowest BCUT2D eigenvalue weighted by Crippen LogP contribution is -1.87. The Balaban J connectivity index is 2.46. The minimum Gasteiger partial charge on any atom is -0.492 e. The molecule has 0 aromatic carbocycles. The predicted molar refractivity (Wildman–Crippen MR) is 50.7 cm³/mol. The Bertz CT molecular complexity index is 413. The van der Waals surface area contributed by atoms with Gasteiger partial charge in [0, 0.05) is 13.2 Å². The van der Waals surface area contributed by atoms with E-state index >= 15 is 0 Å². The summed E-state index contributed by atoms with van der Waals surface area (Å²) < 4.78 is 1.71. The second-order valence-corrected chi connectivity index (χ2v) is 3.98. The van der Waals surface area contributed by atoms with Crippen LogP contribution in [0.5, 0.6) is 5.88 Å². The standard InChI is InChI=1S/C8H9N3OS/c1-5-7(12)9-8(13-5)6-3-4-11(2)10-6/h3-4,12H,1-2H3. The number of hydrogen-bond acceptors (Lipinski definition) is 4. The summed E-state index contributed by atoms with van der Waals surface area (Å²) in [6.07, 6.45) is 1.85. The molecule has 0 atom stereocenters. The van der Waals surface area contributed by atoms with Gasteiger partial charge in [-0.15, -0.1) is 11.3 Å². The van der Waals surface area contributed by atoms with Crippen molar-refractivity contribution in [2.24, 2.45) is 7.05 Å². The summed E-state index contributed by atoms with van der Waals surface area (Å²) in [5, 5.41) is 14.2. The third kappa shape index (κ3) is 1.42. The van der Waals surface area contributed by atoms with Crippen LogP contribution < -0.4 is 0 Å². The molecule has 1 N–H and O–H groups in total. The number of aromatic hydroxyl groups is 1. The molecule has 0 spiro atoms. The van der Waals surface area contributed by atoms with Gasteiger partial charge in [0.25, 0.3) is 0 Å². The first-order valence-corrected chi connectivity index (χ1v) is 4.65. The molecule has 5 heteroatoms. The molecule has 0 fully saturated rings. The van der Waals surface area contributed by atoms with E-state index in [-0.39, 0.29) is 5.88 Å². The van der Waals surface area contributed by atoms with Crippen LogP contribution in [0, 0.1) is 6.92 Å². The summed E-state index contributed by atoms with van der Waals surface area (Å²) >= 11 is 1.44. The fourth-order valence-electron chi connectivity index (χ4n) is 1.03. The lowest BCUT2D eigenvalue weighted by atomic mass is 10.5. The molecule has 68 valence electrons. The van der Waals surface area contributed by atoms with E-state index in [1.54, 1.807) is 4.68 Å². The molecule has 2 rings (SSSR count). The van der Waals surface area contributed by atoms with E-state index in [0.717, 1.165) is 15.6 Å². The Labute approximate surface area is 79.5 Å². The van der Waals surface area contributed by atoms with Crippen molar-refractivity contribution in [1.29, 1.82) is 0 Å². The van der Waals surface area contributed by atoms with Crippen LogP contribution in [0.3, 0.4) is 0 Å². The van der Waals surface area contributed by atoms with E-state index < -0.39 is 0 Å². The number of rotatable bonds is 1. The summed E-state index contributed by atoms with van der Waals surface area (Å²) in [5.41, 5.74) is 0.802. The number of thiazole rings is 1. The van der Waals surface area contributed by atoms with Crippen molar-refractivity contribution in [1.82, 2.24) is 14.8 Å². The van der Waals surface area contributed by atoms with Crippen molar-refractivity contribution in [3.63, 3.8) is 0 Å². The molecular formula is C8H9N3OS. The molecule has 0 radical (unpaired) electrons. The van der Waals surface area contributed by atoms with Gasteiger partial charge in [0.1, 0.15) is 10.7 Å². The Morgan fingerprint density at radius 3 is 2.77 bits per heavy atom. The zero-order valence-electron chi connectivity index (χ0n) is 7.35. The van der Waals surface area contributed by atoms with Crippen molar-refractivity contribution in [2.75, 3.05) is 0 Å². The lowest BCUT2D eigenvalue weighted by molar-refractivity contribution is 0.454. The Morgan fingerprint density at radius 1 is 1.54 bits per heavy atom. The van der Waals surface area contributed by atoms with Gasteiger partial charge in [-0.2, -0.15) is 10.1 Å². The second-order valence-electron chi connectivity index (χ2n) is 2.77. The molecule has 13 heavy (non-hydrogen) atoms. The van der Waals surface area contributed by atoms with E-state index in [9.17, 15) is 5.11 Å². The molecule has 2 aromatic rings. The number of aromatic nitrogens is 3. The molecule has 0 saturated carbocycles. The van der Waals surface area contributed by atoms with Crippen molar-refractivity contribution in [3.05, 3.63) is 17.1 Å². The molecule has 2 heterocycles. The minimum absolute atomic E-state index is 0.102. The molecule has 0 aliphatic carbocycles. The van der Waals surface area contributed by atoms with Crippen molar-refractivity contribution >= 4 is 11.3 Å². The Kier molecular flexibility index (Phi) is 1.81. The number of hydrogen-bond donors (Lipinski definition) is 1. The van der Waals surface area contributed by atoms with Crippen LogP contribution >= 0.6 is 11.3 Å². The maximum Gasteiger partial charge on any atom is 0.225 e. The summed E-state index contributed by atoms with van der Waals surface area (Å²) in [4.78, 5) is 4.81. The zero-order valence-corrected chi connectivity index (χ0v) is 8.17. The molecule has 0 bridgehead atoms. The maximum atomic E-state index is 9.27. The van der Waals surface area contributed by atoms with Gasteiger partial charge >= 0.3 is 0 Å². The normalized spacial score (nSPS) is 10.6. The van der Waals surface area contributed by atoms with Crippen LogP contribution in [0.4, 0.5) is 0 Å². The molecule has 0 aliphatic rings. The minimum atomic E-state index is 0.102. The van der Waals surface area contributed by atoms with Crippen LogP contribution in [0.15, 0.2) is 12.3 Å². The number of aryl methyl sites for hydroxylation is 2. The fourth-order valence-corrected chi connectivity index (χ4v) is 1.80. The van der Waals surface area contributed by atoms with Crippen molar-refractivity contribution < 1.29 is 5.11 Å². The average molecular weight is 195 g/mol. The maximum absolute atomic E-state index is 9.27. The summed E-state index contributed by atoms with van der Waals surface area (Å²) in [6.45, 7) is 1.83. The monoisotopic (exact) mass is 195 g/mol. The van der Waals surface area contributed by atoms with Gasteiger partial charge in [0.05, 0.1) is 4.88 Å². The Hall–Kier alpha value is -1.36. The highest BCUT2D eigenvalue weighted by atomic mass is 32.1. The lowest BCUT2D eigenvalue weighted by Gasteiger charge is -1.86. The van der Waals surface area contributed by atoms with E-state index in [1.807, 2.05) is 26.2 Å². The number of nitrogens with zero attached hydrogens (tertiary/aromatic N) is 3. The van der Waals surface area contributed by atoms with Crippen LogP contribution in [-0.4, -0.2) is 19.9 Å². The summed E-state index contributed by atoms with van der Waals surface area (Å²) in [7, 11) is 1.85. The predicted octanol–water partition coefficient (Wildman–Crippen LogP) is 1.56. The van der Waals surface area contributed by atoms with Crippen molar-refractivity contribution in [2.45, 2.75) is 6.92 Å². The summed E-state index contributed by atoms with van der Waals surface area (Å²) in [6, 6.07) is 1.87. The molecule has 0 unspecified atom stereocenters. The van der Waals surface area contributed by atoms with Gasteiger partial charge in [-0.05, 0) is 13.0 Å². The first-order chi connectivity index (χ1) is 6.16. The Morgan fingerprint density at radius 2 is 2.31 bits per heavy atom. The first-order valence-electron chi connectivity index (χ1n) is 3.83. The first kappa shape index (κ1) is 8.25. The average Bonchev–Trinajstić information content (AvgIpc) is 2.61. The van der Waals surface area contributed by atoms with Crippen LogP contribution in [0.1, 0.15) is 4.88 Å². The smallest absolute Gasteiger partial charge is 0.225 e. The van der Waals surface area contributed by atoms with Gasteiger partial charge in [-0.3, -0.25) is 4.68 Å². The van der Waals surface area contributed by atoms with Crippen LogP contribution in [0.25, 0.3) is 10.7 Å². The van der Waals surface area contributed by atoms with Crippen LogP contribution in [-0.2, 0) is 7.05 Å². The highest BCUT2D eigenvalue weighted by molar-refractivity contribution is 7.15. The van der Waals surface area contributed by atoms with Gasteiger partial charge in [0.15, 0.2) is 0 Å². The van der Waals surface area contributed by atoms with Gasteiger partial charge in [-0.25, -0.2) is 0 Å². The third-order valence-electron chi connectivity index (χ3n) is 1.70. The highest BCUT2D eigenvalue weighted by Crippen LogP contribution is 2.29. The van der Waals surface area contributed by atoms with Gasteiger partial charge in [0.2, 0.25) is 5.88 Å². The van der Waals surface area contributed by atoms with E-state index in [4.69, 9.17) is 0 Å². The summed E-state index contributed by atoms with van der Waals surface area (Å²) in [5.74, 6) is 0.102. The molecule has 4 nitrogen and oxygen atoms in total. The van der Waals surface area contributed by atoms with Gasteiger partial charge < -0.3 is 5.11 Å². The van der Waals surface area contributed by atoms with E-state index in [0.29, 0.717) is 0 Å². The van der Waals surface area contributed by atoms with E-state index in [1.165, 1.54) is 11.3 Å². The molecule has 0 amide bonds. The molecule has 0 aliphatic heterocycles. The molecule has 2 aromatic heterocycles. The fraction of sp³-hybridized carbons (Fsp3) is 0.250.